The largest absolute Gasteiger partial charge is 0.489 e. The van der Waals surface area contributed by atoms with E-state index in [0.717, 1.165) is 23.0 Å². The van der Waals surface area contributed by atoms with Gasteiger partial charge in [-0.3, -0.25) is 4.79 Å². The molecule has 0 radical (unpaired) electrons. The molecule has 0 bridgehead atoms. The molecule has 0 atom stereocenters. The van der Waals surface area contributed by atoms with Crippen LogP contribution < -0.4 is 14.8 Å². The van der Waals surface area contributed by atoms with Gasteiger partial charge in [-0.15, -0.1) is 0 Å². The minimum absolute atomic E-state index is 0.167. The Hall–Kier alpha value is -2.01. The molecule has 1 saturated carbocycles. The third kappa shape index (κ3) is 3.06. The molecule has 4 rings (SSSR count). The zero-order valence-corrected chi connectivity index (χ0v) is 14.1. The van der Waals surface area contributed by atoms with E-state index in [2.05, 4.69) is 21.2 Å². The van der Waals surface area contributed by atoms with Crippen LogP contribution in [0.4, 0.5) is 5.69 Å². The van der Waals surface area contributed by atoms with Crippen LogP contribution in [0.1, 0.15) is 23.2 Å². The molecule has 1 N–H and O–H groups in total. The third-order valence-corrected chi connectivity index (χ3v) is 4.81. The van der Waals surface area contributed by atoms with Crippen molar-refractivity contribution < 1.29 is 14.3 Å². The molecule has 2 aromatic rings. The van der Waals surface area contributed by atoms with Crippen molar-refractivity contribution in [2.45, 2.75) is 12.8 Å². The SMILES string of the molecule is O=C(Nc1cccc(Br)c1)c1ccc2c(c1)OCC1(CC1)CO2. The van der Waals surface area contributed by atoms with Crippen LogP contribution in [-0.4, -0.2) is 19.1 Å². The number of carbonyl (C=O) groups is 1. The summed E-state index contributed by atoms with van der Waals surface area (Å²) in [5.74, 6) is 1.20. The van der Waals surface area contributed by atoms with Crippen molar-refractivity contribution in [1.82, 2.24) is 0 Å². The standard InChI is InChI=1S/C18H16BrNO3/c19-13-2-1-3-14(9-13)20-17(21)12-4-5-15-16(8-12)23-11-18(6-7-18)10-22-15/h1-5,8-9H,6-7,10-11H2,(H,20,21). The molecule has 2 aliphatic rings. The van der Waals surface area contributed by atoms with Crippen LogP contribution in [0.2, 0.25) is 0 Å². The molecule has 1 aliphatic carbocycles. The highest BCUT2D eigenvalue weighted by molar-refractivity contribution is 9.10. The third-order valence-electron chi connectivity index (χ3n) is 4.31. The number of amides is 1. The number of rotatable bonds is 2. The van der Waals surface area contributed by atoms with Crippen LogP contribution in [0, 0.1) is 5.41 Å². The van der Waals surface area contributed by atoms with E-state index in [1.807, 2.05) is 30.3 Å². The van der Waals surface area contributed by atoms with Gasteiger partial charge < -0.3 is 14.8 Å². The normalized spacial score (nSPS) is 17.4. The number of fused-ring (bicyclic) bond motifs is 1. The Morgan fingerprint density at radius 1 is 1.04 bits per heavy atom. The van der Waals surface area contributed by atoms with Crippen LogP contribution in [0.5, 0.6) is 11.5 Å². The van der Waals surface area contributed by atoms with Crippen molar-refractivity contribution in [1.29, 1.82) is 0 Å². The van der Waals surface area contributed by atoms with Crippen molar-refractivity contribution in [3.63, 3.8) is 0 Å². The maximum atomic E-state index is 12.4. The van der Waals surface area contributed by atoms with Gasteiger partial charge in [0.05, 0.1) is 13.2 Å². The average Bonchev–Trinajstić information content (AvgIpc) is 3.34. The summed E-state index contributed by atoms with van der Waals surface area (Å²) in [5.41, 5.74) is 1.49. The Morgan fingerprint density at radius 3 is 2.57 bits per heavy atom. The minimum atomic E-state index is -0.167. The van der Waals surface area contributed by atoms with Gasteiger partial charge in [0.25, 0.3) is 5.91 Å². The van der Waals surface area contributed by atoms with Crippen molar-refractivity contribution in [2.24, 2.45) is 5.41 Å². The molecule has 1 fully saturated rings. The summed E-state index contributed by atoms with van der Waals surface area (Å²) in [6.07, 6.45) is 2.30. The molecule has 0 aromatic heterocycles. The van der Waals surface area contributed by atoms with E-state index >= 15 is 0 Å². The molecule has 4 nitrogen and oxygen atoms in total. The summed E-state index contributed by atoms with van der Waals surface area (Å²) in [6, 6.07) is 12.8. The maximum absolute atomic E-state index is 12.4. The predicted octanol–water partition coefficient (Wildman–Crippen LogP) is 4.25. The highest BCUT2D eigenvalue weighted by atomic mass is 79.9. The molecule has 1 spiro atoms. The van der Waals surface area contributed by atoms with Crippen molar-refractivity contribution in [3.05, 3.63) is 52.5 Å². The number of anilines is 1. The quantitative estimate of drug-likeness (QED) is 0.855. The number of hydrogen-bond donors (Lipinski definition) is 1. The summed E-state index contributed by atoms with van der Waals surface area (Å²) >= 11 is 3.39. The van der Waals surface area contributed by atoms with Gasteiger partial charge in [-0.1, -0.05) is 22.0 Å². The van der Waals surface area contributed by atoms with Gasteiger partial charge in [0.2, 0.25) is 0 Å². The van der Waals surface area contributed by atoms with E-state index in [1.165, 1.54) is 0 Å². The van der Waals surface area contributed by atoms with Crippen LogP contribution in [0.25, 0.3) is 0 Å². The van der Waals surface area contributed by atoms with Gasteiger partial charge in [-0.25, -0.2) is 0 Å². The molecule has 0 saturated heterocycles. The number of benzene rings is 2. The van der Waals surface area contributed by atoms with Gasteiger partial charge in [-0.05, 0) is 49.2 Å². The fourth-order valence-electron chi connectivity index (χ4n) is 2.62. The summed E-state index contributed by atoms with van der Waals surface area (Å²) < 4.78 is 12.6. The highest BCUT2D eigenvalue weighted by Gasteiger charge is 2.46. The molecule has 5 heteroatoms. The van der Waals surface area contributed by atoms with E-state index in [9.17, 15) is 4.79 Å². The number of ether oxygens (including phenoxy) is 2. The smallest absolute Gasteiger partial charge is 0.255 e. The summed E-state index contributed by atoms with van der Waals surface area (Å²) in [4.78, 5) is 12.4. The summed E-state index contributed by atoms with van der Waals surface area (Å²) in [7, 11) is 0. The topological polar surface area (TPSA) is 47.6 Å². The molecule has 1 amide bonds. The number of halogens is 1. The molecular weight excluding hydrogens is 358 g/mol. The second-order valence-electron chi connectivity index (χ2n) is 6.20. The fraction of sp³-hybridized carbons (Fsp3) is 0.278. The molecule has 2 aromatic carbocycles. The van der Waals surface area contributed by atoms with E-state index in [1.54, 1.807) is 12.1 Å². The maximum Gasteiger partial charge on any atom is 0.255 e. The molecule has 1 heterocycles. The molecule has 118 valence electrons. The van der Waals surface area contributed by atoms with Crippen molar-refractivity contribution >= 4 is 27.5 Å². The minimum Gasteiger partial charge on any atom is -0.489 e. The van der Waals surface area contributed by atoms with Gasteiger partial charge in [0.15, 0.2) is 11.5 Å². The van der Waals surface area contributed by atoms with E-state index < -0.39 is 0 Å². The Kier molecular flexibility index (Phi) is 3.53. The highest BCUT2D eigenvalue weighted by Crippen LogP contribution is 2.49. The van der Waals surface area contributed by atoms with Gasteiger partial charge in [0.1, 0.15) is 0 Å². The Bertz CT molecular complexity index is 771. The summed E-state index contributed by atoms with van der Waals surface area (Å²) in [5, 5.41) is 2.88. The molecular formula is C18H16BrNO3. The first-order valence-corrected chi connectivity index (χ1v) is 8.40. The predicted molar refractivity (Wildman–Crippen MR) is 91.2 cm³/mol. The van der Waals surface area contributed by atoms with Crippen LogP contribution >= 0.6 is 15.9 Å². The Balaban J connectivity index is 1.53. The van der Waals surface area contributed by atoms with Crippen LogP contribution in [0.3, 0.4) is 0 Å². The number of nitrogens with one attached hydrogen (secondary N) is 1. The lowest BCUT2D eigenvalue weighted by atomic mass is 10.1. The van der Waals surface area contributed by atoms with Crippen LogP contribution in [-0.2, 0) is 0 Å². The lowest BCUT2D eigenvalue weighted by molar-refractivity contribution is 0.102. The van der Waals surface area contributed by atoms with Gasteiger partial charge >= 0.3 is 0 Å². The zero-order valence-electron chi connectivity index (χ0n) is 12.5. The molecule has 23 heavy (non-hydrogen) atoms. The van der Waals surface area contributed by atoms with E-state index in [0.29, 0.717) is 30.3 Å². The first-order chi connectivity index (χ1) is 11.1. The first kappa shape index (κ1) is 14.6. The van der Waals surface area contributed by atoms with Crippen LogP contribution in [0.15, 0.2) is 46.9 Å². The van der Waals surface area contributed by atoms with Gasteiger partial charge in [-0.2, -0.15) is 0 Å². The van der Waals surface area contributed by atoms with E-state index in [4.69, 9.17) is 9.47 Å². The fourth-order valence-corrected chi connectivity index (χ4v) is 3.02. The molecule has 0 unspecified atom stereocenters. The average molecular weight is 374 g/mol. The first-order valence-electron chi connectivity index (χ1n) is 7.60. The number of carbonyl (C=O) groups excluding carboxylic acids is 1. The summed E-state index contributed by atoms with van der Waals surface area (Å²) in [6.45, 7) is 1.36. The Morgan fingerprint density at radius 2 is 1.83 bits per heavy atom. The second-order valence-corrected chi connectivity index (χ2v) is 7.12. The molecule has 1 aliphatic heterocycles. The zero-order chi connectivity index (χ0) is 15.9. The lowest BCUT2D eigenvalue weighted by Gasteiger charge is -2.10. The lowest BCUT2D eigenvalue weighted by Crippen LogP contribution is -2.17. The number of hydrogen-bond acceptors (Lipinski definition) is 3. The Labute approximate surface area is 142 Å². The van der Waals surface area contributed by atoms with Crippen molar-refractivity contribution in [2.75, 3.05) is 18.5 Å². The van der Waals surface area contributed by atoms with Crippen molar-refractivity contribution in [3.8, 4) is 11.5 Å². The van der Waals surface area contributed by atoms with E-state index in [-0.39, 0.29) is 11.3 Å². The monoisotopic (exact) mass is 373 g/mol. The second kappa shape index (κ2) is 5.57. The van der Waals surface area contributed by atoms with Gasteiger partial charge in [0, 0.05) is 21.1 Å².